The topological polar surface area (TPSA) is 0 Å². The van der Waals surface area contributed by atoms with Gasteiger partial charge >= 0.3 is 82.3 Å². The van der Waals surface area contributed by atoms with Crippen molar-refractivity contribution >= 4 is 23.2 Å². The molecule has 0 saturated heterocycles. The summed E-state index contributed by atoms with van der Waals surface area (Å²) in [5.41, 5.74) is 0. The Morgan fingerprint density at radius 3 is 2.08 bits per heavy atom. The molecule has 1 rings (SSSR count). The number of halogens is 3. The van der Waals surface area contributed by atoms with Gasteiger partial charge in [0.05, 0.1) is 0 Å². The first kappa shape index (κ1) is 10.9. The van der Waals surface area contributed by atoms with Gasteiger partial charge in [0.25, 0.3) is 0 Å². The first-order valence-electron chi connectivity index (χ1n) is 3.88. The fourth-order valence-electron chi connectivity index (χ4n) is 1.05. The summed E-state index contributed by atoms with van der Waals surface area (Å²) < 4.78 is 34.3. The SMILES string of the molecule is CC[Te](c1ccccc1)C(F)(F)F. The second-order valence-electron chi connectivity index (χ2n) is 2.44. The standard InChI is InChI=1S/C9H10F3Te/c1-2-13(9(10,11)12)8-6-4-3-5-7-8/h3-7H,2H2,1H3. The molecule has 0 amide bonds. The number of hydrogen-bond donors (Lipinski definition) is 0. The number of benzene rings is 1. The molecule has 0 N–H and O–H groups in total. The maximum atomic E-state index is 12.5. The molecular weight excluding hydrogens is 293 g/mol. The molecule has 0 aromatic heterocycles. The zero-order valence-corrected chi connectivity index (χ0v) is 9.47. The van der Waals surface area contributed by atoms with Crippen LogP contribution in [0.2, 0.25) is 4.47 Å². The Labute approximate surface area is 82.4 Å². The van der Waals surface area contributed by atoms with Crippen molar-refractivity contribution in [2.24, 2.45) is 0 Å². The molecule has 0 nitrogen and oxygen atoms in total. The third-order valence-corrected chi connectivity index (χ3v) is 7.24. The monoisotopic (exact) mass is 305 g/mol. The maximum absolute atomic E-state index is 12.5. The van der Waals surface area contributed by atoms with E-state index in [-0.39, 0.29) is 4.47 Å². The summed E-state index contributed by atoms with van der Waals surface area (Å²) in [6.07, 6.45) is 0. The van der Waals surface area contributed by atoms with Crippen molar-refractivity contribution in [3.8, 4) is 0 Å². The molecule has 0 bridgehead atoms. The molecule has 0 aliphatic rings. The molecule has 0 heterocycles. The van der Waals surface area contributed by atoms with Gasteiger partial charge < -0.3 is 0 Å². The van der Waals surface area contributed by atoms with Crippen LogP contribution in [0.5, 0.6) is 0 Å². The summed E-state index contributed by atoms with van der Waals surface area (Å²) >= 11 is -3.08. The van der Waals surface area contributed by atoms with Gasteiger partial charge in [-0.2, -0.15) is 0 Å². The van der Waals surface area contributed by atoms with E-state index < -0.39 is 23.8 Å². The van der Waals surface area contributed by atoms with Crippen molar-refractivity contribution in [1.29, 1.82) is 0 Å². The Bertz CT molecular complexity index is 255. The zero-order chi connectivity index (χ0) is 9.90. The number of alkyl halides is 3. The van der Waals surface area contributed by atoms with E-state index in [1.807, 2.05) is 0 Å². The molecule has 0 atom stereocenters. The van der Waals surface area contributed by atoms with Gasteiger partial charge in [0, 0.05) is 0 Å². The van der Waals surface area contributed by atoms with Crippen LogP contribution in [0, 0.1) is 0 Å². The molecule has 0 aliphatic carbocycles. The van der Waals surface area contributed by atoms with Crippen molar-refractivity contribution in [1.82, 2.24) is 0 Å². The van der Waals surface area contributed by atoms with E-state index in [4.69, 9.17) is 0 Å². The minimum absolute atomic E-state index is 0.261. The van der Waals surface area contributed by atoms with Gasteiger partial charge in [0.15, 0.2) is 0 Å². The predicted molar refractivity (Wildman–Crippen MR) is 48.4 cm³/mol. The van der Waals surface area contributed by atoms with Crippen molar-refractivity contribution < 1.29 is 13.2 Å². The number of hydrogen-bond acceptors (Lipinski definition) is 0. The van der Waals surface area contributed by atoms with E-state index >= 15 is 0 Å². The van der Waals surface area contributed by atoms with Gasteiger partial charge in [0.1, 0.15) is 0 Å². The van der Waals surface area contributed by atoms with Crippen LogP contribution in [0.3, 0.4) is 0 Å². The normalized spacial score (nSPS) is 12.1. The average molecular weight is 303 g/mol. The molecule has 4 heteroatoms. The third-order valence-electron chi connectivity index (χ3n) is 1.60. The Hall–Kier alpha value is -0.200. The molecule has 73 valence electrons. The van der Waals surface area contributed by atoms with Gasteiger partial charge in [-0.15, -0.1) is 0 Å². The van der Waals surface area contributed by atoms with Crippen LogP contribution in [-0.4, -0.2) is 23.8 Å². The summed E-state index contributed by atoms with van der Waals surface area (Å²) in [5, 5.41) is 0. The van der Waals surface area contributed by atoms with Gasteiger partial charge in [-0.1, -0.05) is 0 Å². The van der Waals surface area contributed by atoms with Crippen molar-refractivity contribution in [2.75, 3.05) is 0 Å². The summed E-state index contributed by atoms with van der Waals surface area (Å²) in [6.45, 7) is 1.62. The molecule has 1 aromatic carbocycles. The van der Waals surface area contributed by atoms with Crippen LogP contribution in [0.4, 0.5) is 13.2 Å². The first-order chi connectivity index (χ1) is 6.05. The van der Waals surface area contributed by atoms with E-state index in [1.54, 1.807) is 37.3 Å². The van der Waals surface area contributed by atoms with Gasteiger partial charge in [-0.25, -0.2) is 0 Å². The Kier molecular flexibility index (Phi) is 3.63. The number of rotatable bonds is 2. The molecule has 0 aliphatic heterocycles. The van der Waals surface area contributed by atoms with E-state index in [9.17, 15) is 13.2 Å². The predicted octanol–water partition coefficient (Wildman–Crippen LogP) is 2.51. The van der Waals surface area contributed by atoms with E-state index in [2.05, 4.69) is 0 Å². The average Bonchev–Trinajstić information content (AvgIpc) is 2.05. The van der Waals surface area contributed by atoms with Crippen LogP contribution >= 0.6 is 0 Å². The Morgan fingerprint density at radius 1 is 1.15 bits per heavy atom. The molecule has 0 saturated carbocycles. The van der Waals surface area contributed by atoms with Crippen LogP contribution in [0.15, 0.2) is 30.3 Å². The molecule has 0 spiro atoms. The Morgan fingerprint density at radius 2 is 1.69 bits per heavy atom. The molecule has 1 radical (unpaired) electrons. The summed E-state index contributed by atoms with van der Waals surface area (Å²) in [5.74, 6) is 0. The van der Waals surface area contributed by atoms with Gasteiger partial charge in [-0.05, 0) is 0 Å². The quantitative estimate of drug-likeness (QED) is 0.737. The van der Waals surface area contributed by atoms with Crippen LogP contribution < -0.4 is 3.61 Å². The second-order valence-corrected chi connectivity index (χ2v) is 8.98. The van der Waals surface area contributed by atoms with Crippen LogP contribution in [0.1, 0.15) is 6.92 Å². The van der Waals surface area contributed by atoms with E-state index in [0.29, 0.717) is 3.61 Å². The van der Waals surface area contributed by atoms with Crippen molar-refractivity contribution in [2.45, 2.75) is 15.6 Å². The molecule has 1 aromatic rings. The second kappa shape index (κ2) is 4.34. The van der Waals surface area contributed by atoms with Crippen molar-refractivity contribution in [3.63, 3.8) is 0 Å². The molecule has 0 fully saturated rings. The fraction of sp³-hybridized carbons (Fsp3) is 0.333. The zero-order valence-electron chi connectivity index (χ0n) is 7.14. The van der Waals surface area contributed by atoms with E-state index in [0.717, 1.165) is 0 Å². The van der Waals surface area contributed by atoms with Gasteiger partial charge in [-0.3, -0.25) is 0 Å². The van der Waals surface area contributed by atoms with E-state index in [1.165, 1.54) is 0 Å². The summed E-state index contributed by atoms with van der Waals surface area (Å²) in [4.78, 5) is 0. The Balaban J connectivity index is 2.92. The fourth-order valence-corrected chi connectivity index (χ4v) is 5.08. The summed E-state index contributed by atoms with van der Waals surface area (Å²) in [7, 11) is 0. The molecule has 13 heavy (non-hydrogen) atoms. The van der Waals surface area contributed by atoms with Crippen molar-refractivity contribution in [3.05, 3.63) is 30.3 Å². The minimum atomic E-state index is -3.96. The van der Waals surface area contributed by atoms with Gasteiger partial charge in [0.2, 0.25) is 0 Å². The third kappa shape index (κ3) is 2.89. The first-order valence-corrected chi connectivity index (χ1v) is 7.86. The summed E-state index contributed by atoms with van der Waals surface area (Å²) in [6, 6.07) is 8.27. The molecule has 0 unspecified atom stereocenters. The van der Waals surface area contributed by atoms with Crippen LogP contribution in [0.25, 0.3) is 0 Å². The molecular formula is C9H10F3Te. The van der Waals surface area contributed by atoms with Crippen LogP contribution in [-0.2, 0) is 0 Å².